The van der Waals surface area contributed by atoms with Gasteiger partial charge in [-0.25, -0.2) is 0 Å². The van der Waals surface area contributed by atoms with Gasteiger partial charge in [0.25, 0.3) is 0 Å². The Kier molecular flexibility index (Phi) is 2.89. The molecule has 0 atom stereocenters. The van der Waals surface area contributed by atoms with E-state index in [0.29, 0.717) is 5.82 Å². The second-order valence-electron chi connectivity index (χ2n) is 4.24. The van der Waals surface area contributed by atoms with E-state index in [1.54, 1.807) is 7.05 Å². The molecule has 1 N–H and O–H groups in total. The number of hydrogen-bond donors (Lipinski definition) is 1. The lowest BCUT2D eigenvalue weighted by molar-refractivity contribution is -0.0610. The van der Waals surface area contributed by atoms with Crippen molar-refractivity contribution < 1.29 is 5.11 Å². The Balaban J connectivity index is 3.12. The Morgan fingerprint density at radius 3 is 2.00 bits per heavy atom. The third kappa shape index (κ3) is 1.64. The first kappa shape index (κ1) is 11.1. The third-order valence-corrected chi connectivity index (χ3v) is 2.63. The van der Waals surface area contributed by atoms with Gasteiger partial charge in [0.1, 0.15) is 5.60 Å². The highest BCUT2D eigenvalue weighted by Crippen LogP contribution is 2.33. The van der Waals surface area contributed by atoms with Crippen LogP contribution in [-0.2, 0) is 12.6 Å². The molecule has 0 radical (unpaired) electrons. The summed E-state index contributed by atoms with van der Waals surface area (Å²) in [6.07, 6.45) is 0. The van der Waals surface area contributed by atoms with Crippen LogP contribution in [0.5, 0.6) is 0 Å². The maximum atomic E-state index is 10.5. The lowest BCUT2D eigenvalue weighted by Gasteiger charge is -2.32. The number of aromatic nitrogens is 4. The number of tetrazole rings is 1. The van der Waals surface area contributed by atoms with Crippen molar-refractivity contribution in [1.29, 1.82) is 0 Å². The van der Waals surface area contributed by atoms with E-state index < -0.39 is 5.60 Å². The van der Waals surface area contributed by atoms with Crippen LogP contribution in [0.4, 0.5) is 0 Å². The van der Waals surface area contributed by atoms with E-state index in [0.717, 1.165) is 0 Å². The summed E-state index contributed by atoms with van der Waals surface area (Å²) in [5.74, 6) is 0.531. The summed E-state index contributed by atoms with van der Waals surface area (Å²) in [4.78, 5) is 1.37. The molecule has 0 aliphatic heterocycles. The molecule has 14 heavy (non-hydrogen) atoms. The van der Waals surface area contributed by atoms with Gasteiger partial charge in [0.15, 0.2) is 0 Å². The normalized spacial score (nSPS) is 12.9. The number of aliphatic hydroxyl groups is 1. The molecule has 0 fully saturated rings. The average molecular weight is 198 g/mol. The van der Waals surface area contributed by atoms with Gasteiger partial charge in [-0.05, 0) is 17.0 Å². The molecule has 0 aliphatic carbocycles. The van der Waals surface area contributed by atoms with E-state index in [1.165, 1.54) is 4.80 Å². The maximum absolute atomic E-state index is 10.5. The molecule has 0 saturated heterocycles. The topological polar surface area (TPSA) is 63.8 Å². The summed E-state index contributed by atoms with van der Waals surface area (Å²) in [7, 11) is 1.69. The molecule has 0 amide bonds. The summed E-state index contributed by atoms with van der Waals surface area (Å²) in [5, 5.41) is 22.2. The van der Waals surface area contributed by atoms with Gasteiger partial charge < -0.3 is 5.11 Å². The molecule has 80 valence electrons. The Hall–Kier alpha value is -0.970. The van der Waals surface area contributed by atoms with Crippen LogP contribution < -0.4 is 0 Å². The Labute approximate surface area is 84.1 Å². The number of rotatable bonds is 3. The van der Waals surface area contributed by atoms with Gasteiger partial charge in [-0.3, -0.25) is 0 Å². The summed E-state index contributed by atoms with van der Waals surface area (Å²) >= 11 is 0. The quantitative estimate of drug-likeness (QED) is 0.777. The first-order valence-corrected chi connectivity index (χ1v) is 4.85. The SMILES string of the molecule is CC(C)C(O)(c1nnn(C)n1)C(C)C. The minimum atomic E-state index is -0.992. The highest BCUT2D eigenvalue weighted by molar-refractivity contribution is 5.01. The first-order chi connectivity index (χ1) is 6.39. The monoisotopic (exact) mass is 198 g/mol. The van der Waals surface area contributed by atoms with Crippen LogP contribution in [0.3, 0.4) is 0 Å². The van der Waals surface area contributed by atoms with Crippen LogP contribution in [0.15, 0.2) is 0 Å². The number of aryl methyl sites for hydroxylation is 1. The summed E-state index contributed by atoms with van der Waals surface area (Å²) in [6, 6.07) is 0. The van der Waals surface area contributed by atoms with E-state index in [-0.39, 0.29) is 11.8 Å². The predicted octanol–water partition coefficient (Wildman–Crippen LogP) is 0.710. The molecule has 0 saturated carbocycles. The van der Waals surface area contributed by atoms with E-state index in [9.17, 15) is 5.11 Å². The zero-order valence-corrected chi connectivity index (χ0v) is 9.39. The zero-order valence-electron chi connectivity index (χ0n) is 9.39. The van der Waals surface area contributed by atoms with Crippen molar-refractivity contribution in [1.82, 2.24) is 20.2 Å². The molecule has 0 aromatic carbocycles. The van der Waals surface area contributed by atoms with Crippen LogP contribution in [0, 0.1) is 11.8 Å². The summed E-state index contributed by atoms with van der Waals surface area (Å²) in [5.41, 5.74) is -0.992. The molecule has 1 aromatic heterocycles. The van der Waals surface area contributed by atoms with Gasteiger partial charge in [0, 0.05) is 0 Å². The average Bonchev–Trinajstić information content (AvgIpc) is 2.49. The maximum Gasteiger partial charge on any atom is 0.206 e. The summed E-state index contributed by atoms with van der Waals surface area (Å²) in [6.45, 7) is 7.82. The van der Waals surface area contributed by atoms with Crippen LogP contribution in [0.2, 0.25) is 0 Å². The zero-order chi connectivity index (χ0) is 10.9. The van der Waals surface area contributed by atoms with Gasteiger partial charge in [-0.2, -0.15) is 4.80 Å². The Morgan fingerprint density at radius 1 is 1.21 bits per heavy atom. The number of hydrogen-bond acceptors (Lipinski definition) is 4. The van der Waals surface area contributed by atoms with Crippen molar-refractivity contribution in [2.24, 2.45) is 18.9 Å². The molecule has 0 spiro atoms. The molecule has 1 aromatic rings. The van der Waals surface area contributed by atoms with Crippen LogP contribution in [-0.4, -0.2) is 25.3 Å². The largest absolute Gasteiger partial charge is 0.381 e. The minimum Gasteiger partial charge on any atom is -0.381 e. The van der Waals surface area contributed by atoms with Gasteiger partial charge in [-0.15, -0.1) is 10.2 Å². The van der Waals surface area contributed by atoms with Crippen molar-refractivity contribution >= 4 is 0 Å². The van der Waals surface area contributed by atoms with E-state index in [4.69, 9.17) is 0 Å². The fourth-order valence-corrected chi connectivity index (χ4v) is 1.63. The van der Waals surface area contributed by atoms with Crippen molar-refractivity contribution in [2.75, 3.05) is 0 Å². The molecule has 0 bridgehead atoms. The van der Waals surface area contributed by atoms with Crippen LogP contribution >= 0.6 is 0 Å². The minimum absolute atomic E-state index is 0.0618. The fourth-order valence-electron chi connectivity index (χ4n) is 1.63. The molecule has 1 rings (SSSR count). The lowest BCUT2D eigenvalue weighted by atomic mass is 9.80. The van der Waals surface area contributed by atoms with Gasteiger partial charge >= 0.3 is 0 Å². The Morgan fingerprint density at radius 2 is 1.71 bits per heavy atom. The van der Waals surface area contributed by atoms with Crippen molar-refractivity contribution in [3.8, 4) is 0 Å². The van der Waals surface area contributed by atoms with E-state index in [2.05, 4.69) is 15.4 Å². The van der Waals surface area contributed by atoms with Gasteiger partial charge in [-0.1, -0.05) is 27.7 Å². The van der Waals surface area contributed by atoms with E-state index >= 15 is 0 Å². The molecule has 5 nitrogen and oxygen atoms in total. The van der Waals surface area contributed by atoms with Crippen molar-refractivity contribution in [2.45, 2.75) is 33.3 Å². The molecular weight excluding hydrogens is 180 g/mol. The molecular formula is C9H18N4O. The highest BCUT2D eigenvalue weighted by atomic mass is 16.3. The van der Waals surface area contributed by atoms with Crippen molar-refractivity contribution in [3.63, 3.8) is 0 Å². The van der Waals surface area contributed by atoms with Crippen LogP contribution in [0.25, 0.3) is 0 Å². The van der Waals surface area contributed by atoms with Gasteiger partial charge in [0.2, 0.25) is 5.82 Å². The molecule has 5 heteroatoms. The second kappa shape index (κ2) is 3.65. The molecule has 0 aliphatic rings. The van der Waals surface area contributed by atoms with Gasteiger partial charge in [0.05, 0.1) is 7.05 Å². The fraction of sp³-hybridized carbons (Fsp3) is 0.889. The first-order valence-electron chi connectivity index (χ1n) is 4.85. The number of nitrogens with zero attached hydrogens (tertiary/aromatic N) is 4. The Bertz CT molecular complexity index is 298. The highest BCUT2D eigenvalue weighted by Gasteiger charge is 2.40. The predicted molar refractivity (Wildman–Crippen MR) is 52.4 cm³/mol. The third-order valence-electron chi connectivity index (χ3n) is 2.63. The van der Waals surface area contributed by atoms with Crippen LogP contribution in [0.1, 0.15) is 33.5 Å². The van der Waals surface area contributed by atoms with Crippen molar-refractivity contribution in [3.05, 3.63) is 5.82 Å². The summed E-state index contributed by atoms with van der Waals surface area (Å²) < 4.78 is 0. The second-order valence-corrected chi connectivity index (χ2v) is 4.24. The smallest absolute Gasteiger partial charge is 0.206 e. The van der Waals surface area contributed by atoms with E-state index in [1.807, 2.05) is 27.7 Å². The molecule has 1 heterocycles. The lowest BCUT2D eigenvalue weighted by Crippen LogP contribution is -2.39. The molecule has 0 unspecified atom stereocenters. The standard InChI is InChI=1S/C9H18N4O/c1-6(2)9(14,7(3)4)8-10-12-13(5)11-8/h6-7,14H,1-5H3.